The Morgan fingerprint density at radius 1 is 0.889 bits per heavy atom. The zero-order valence-electron chi connectivity index (χ0n) is 16.3. The molecule has 1 aliphatic rings. The number of methoxy groups -OCH3 is 3. The van der Waals surface area contributed by atoms with Crippen LogP contribution in [0.1, 0.15) is 15.9 Å². The maximum absolute atomic E-state index is 13.0. The number of piperazine rings is 1. The largest absolute Gasteiger partial charge is 0.493 e. The first-order valence-electron chi connectivity index (χ1n) is 8.98. The van der Waals surface area contributed by atoms with Crippen molar-refractivity contribution >= 4 is 11.6 Å². The van der Waals surface area contributed by atoms with Gasteiger partial charge in [-0.1, -0.05) is 12.1 Å². The lowest BCUT2D eigenvalue weighted by atomic mass is 10.1. The van der Waals surface area contributed by atoms with Gasteiger partial charge in [0.05, 0.1) is 21.3 Å². The molecule has 6 nitrogen and oxygen atoms in total. The van der Waals surface area contributed by atoms with E-state index in [1.807, 2.05) is 4.90 Å². The molecule has 1 amide bonds. The van der Waals surface area contributed by atoms with Gasteiger partial charge in [0.25, 0.3) is 5.91 Å². The molecule has 0 aromatic heterocycles. The Morgan fingerprint density at radius 2 is 1.52 bits per heavy atom. The van der Waals surface area contributed by atoms with Crippen molar-refractivity contribution in [1.29, 1.82) is 0 Å². The van der Waals surface area contributed by atoms with Crippen LogP contribution in [0.5, 0.6) is 17.2 Å². The Morgan fingerprint density at radius 3 is 2.04 bits per heavy atom. The van der Waals surface area contributed by atoms with Crippen molar-refractivity contribution in [2.75, 3.05) is 52.4 Å². The highest BCUT2D eigenvalue weighted by atomic mass is 16.5. The highest BCUT2D eigenvalue weighted by Gasteiger charge is 2.25. The second-order valence-electron chi connectivity index (χ2n) is 6.53. The number of carbonyl (C=O) groups is 1. The number of hydrogen-bond donors (Lipinski definition) is 0. The van der Waals surface area contributed by atoms with E-state index in [4.69, 9.17) is 14.2 Å². The Kier molecular flexibility index (Phi) is 5.74. The molecule has 0 N–H and O–H groups in total. The van der Waals surface area contributed by atoms with Gasteiger partial charge in [0.1, 0.15) is 0 Å². The lowest BCUT2D eigenvalue weighted by Crippen LogP contribution is -2.48. The van der Waals surface area contributed by atoms with Crippen molar-refractivity contribution in [3.8, 4) is 17.2 Å². The SMILES string of the molecule is COc1cc(C(=O)N2CCN(c3cccc(C)c3)CC2)cc(OC)c1OC. The molecule has 3 rings (SSSR count). The summed E-state index contributed by atoms with van der Waals surface area (Å²) in [5, 5.41) is 0. The molecule has 0 unspecified atom stereocenters. The van der Waals surface area contributed by atoms with Crippen LogP contribution >= 0.6 is 0 Å². The highest BCUT2D eigenvalue weighted by Crippen LogP contribution is 2.38. The van der Waals surface area contributed by atoms with E-state index in [-0.39, 0.29) is 5.91 Å². The number of rotatable bonds is 5. The molecule has 0 saturated carbocycles. The number of benzene rings is 2. The molecule has 0 aliphatic carbocycles. The van der Waals surface area contributed by atoms with Crippen LogP contribution in [-0.4, -0.2) is 58.3 Å². The van der Waals surface area contributed by atoms with Crippen molar-refractivity contribution in [3.63, 3.8) is 0 Å². The summed E-state index contributed by atoms with van der Waals surface area (Å²) in [5.41, 5.74) is 2.98. The summed E-state index contributed by atoms with van der Waals surface area (Å²) in [7, 11) is 4.64. The number of nitrogens with zero attached hydrogens (tertiary/aromatic N) is 2. The van der Waals surface area contributed by atoms with E-state index in [2.05, 4.69) is 36.1 Å². The van der Waals surface area contributed by atoms with Crippen molar-refractivity contribution in [2.24, 2.45) is 0 Å². The molecule has 1 aliphatic heterocycles. The molecule has 0 spiro atoms. The van der Waals surface area contributed by atoms with Gasteiger partial charge in [0, 0.05) is 37.4 Å². The van der Waals surface area contributed by atoms with Gasteiger partial charge >= 0.3 is 0 Å². The number of hydrogen-bond acceptors (Lipinski definition) is 5. The van der Waals surface area contributed by atoms with E-state index < -0.39 is 0 Å². The van der Waals surface area contributed by atoms with Crippen molar-refractivity contribution in [3.05, 3.63) is 47.5 Å². The van der Waals surface area contributed by atoms with Crippen LogP contribution in [0.2, 0.25) is 0 Å². The standard InChI is InChI=1S/C21H26N2O4/c1-15-6-5-7-17(12-15)22-8-10-23(11-9-22)21(24)16-13-18(25-2)20(27-4)19(14-16)26-3/h5-7,12-14H,8-11H2,1-4H3. The van der Waals surface area contributed by atoms with E-state index in [0.29, 0.717) is 35.9 Å². The van der Waals surface area contributed by atoms with Gasteiger partial charge in [-0.25, -0.2) is 0 Å². The molecular formula is C21H26N2O4. The number of aryl methyl sites for hydroxylation is 1. The Labute approximate surface area is 160 Å². The zero-order chi connectivity index (χ0) is 19.4. The van der Waals surface area contributed by atoms with E-state index >= 15 is 0 Å². The fourth-order valence-electron chi connectivity index (χ4n) is 3.38. The maximum Gasteiger partial charge on any atom is 0.254 e. The minimum Gasteiger partial charge on any atom is -0.493 e. The normalized spacial score (nSPS) is 14.1. The van der Waals surface area contributed by atoms with Crippen molar-refractivity contribution in [2.45, 2.75) is 6.92 Å². The summed E-state index contributed by atoms with van der Waals surface area (Å²) in [6.07, 6.45) is 0. The second kappa shape index (κ2) is 8.20. The first-order valence-corrected chi connectivity index (χ1v) is 8.98. The average molecular weight is 370 g/mol. The third kappa shape index (κ3) is 3.94. The quantitative estimate of drug-likeness (QED) is 0.810. The monoisotopic (exact) mass is 370 g/mol. The fourth-order valence-corrected chi connectivity index (χ4v) is 3.38. The van der Waals surface area contributed by atoms with Crippen LogP contribution in [0.15, 0.2) is 36.4 Å². The fraction of sp³-hybridized carbons (Fsp3) is 0.381. The van der Waals surface area contributed by atoms with Crippen LogP contribution < -0.4 is 19.1 Å². The summed E-state index contributed by atoms with van der Waals surface area (Å²) in [4.78, 5) is 17.2. The molecule has 0 atom stereocenters. The van der Waals surface area contributed by atoms with Gasteiger partial charge < -0.3 is 24.0 Å². The first-order chi connectivity index (χ1) is 13.1. The third-order valence-corrected chi connectivity index (χ3v) is 4.85. The molecule has 1 saturated heterocycles. The lowest BCUT2D eigenvalue weighted by molar-refractivity contribution is 0.0746. The van der Waals surface area contributed by atoms with Gasteiger partial charge in [-0.15, -0.1) is 0 Å². The summed E-state index contributed by atoms with van der Waals surface area (Å²) in [6, 6.07) is 11.9. The Bertz CT molecular complexity index is 789. The maximum atomic E-state index is 13.0. The van der Waals surface area contributed by atoms with Gasteiger partial charge in [-0.2, -0.15) is 0 Å². The van der Waals surface area contributed by atoms with Crippen molar-refractivity contribution < 1.29 is 19.0 Å². The summed E-state index contributed by atoms with van der Waals surface area (Å²) in [5.74, 6) is 1.43. The van der Waals surface area contributed by atoms with Crippen LogP contribution in [0.3, 0.4) is 0 Å². The minimum atomic E-state index is -0.0295. The van der Waals surface area contributed by atoms with Gasteiger partial charge in [-0.3, -0.25) is 4.79 Å². The first kappa shape index (κ1) is 18.9. The lowest BCUT2D eigenvalue weighted by Gasteiger charge is -2.36. The van der Waals surface area contributed by atoms with Crippen molar-refractivity contribution in [1.82, 2.24) is 4.90 Å². The zero-order valence-corrected chi connectivity index (χ0v) is 16.3. The summed E-state index contributed by atoms with van der Waals surface area (Å²) >= 11 is 0. The van der Waals surface area contributed by atoms with Gasteiger partial charge in [0.2, 0.25) is 5.75 Å². The van der Waals surface area contributed by atoms with Gasteiger partial charge in [0.15, 0.2) is 11.5 Å². The van der Waals surface area contributed by atoms with Crippen LogP contribution in [-0.2, 0) is 0 Å². The topological polar surface area (TPSA) is 51.2 Å². The van der Waals surface area contributed by atoms with Crippen LogP contribution in [0, 0.1) is 6.92 Å². The van der Waals surface area contributed by atoms with E-state index in [1.54, 1.807) is 33.5 Å². The molecule has 2 aromatic carbocycles. The number of amides is 1. The smallest absolute Gasteiger partial charge is 0.254 e. The average Bonchev–Trinajstić information content (AvgIpc) is 2.72. The molecule has 6 heteroatoms. The van der Waals surface area contributed by atoms with Crippen LogP contribution in [0.4, 0.5) is 5.69 Å². The Hall–Kier alpha value is -2.89. The molecule has 0 bridgehead atoms. The number of carbonyl (C=O) groups excluding carboxylic acids is 1. The highest BCUT2D eigenvalue weighted by molar-refractivity contribution is 5.95. The van der Waals surface area contributed by atoms with Crippen LogP contribution in [0.25, 0.3) is 0 Å². The summed E-state index contributed by atoms with van der Waals surface area (Å²) < 4.78 is 16.0. The Balaban J connectivity index is 1.74. The molecular weight excluding hydrogens is 344 g/mol. The predicted octanol–water partition coefficient (Wildman–Crippen LogP) is 2.98. The summed E-state index contributed by atoms with van der Waals surface area (Å²) in [6.45, 7) is 5.04. The molecule has 0 radical (unpaired) electrons. The van der Waals surface area contributed by atoms with E-state index in [1.165, 1.54) is 11.3 Å². The molecule has 27 heavy (non-hydrogen) atoms. The molecule has 1 heterocycles. The minimum absolute atomic E-state index is 0.0295. The number of anilines is 1. The molecule has 1 fully saturated rings. The molecule has 2 aromatic rings. The van der Waals surface area contributed by atoms with Gasteiger partial charge in [-0.05, 0) is 36.8 Å². The van der Waals surface area contributed by atoms with E-state index in [9.17, 15) is 4.79 Å². The second-order valence-corrected chi connectivity index (χ2v) is 6.53. The van der Waals surface area contributed by atoms with E-state index in [0.717, 1.165) is 13.1 Å². The molecule has 144 valence electrons. The third-order valence-electron chi connectivity index (χ3n) is 4.85. The number of ether oxygens (including phenoxy) is 3. The predicted molar refractivity (Wildman–Crippen MR) is 105 cm³/mol.